The number of ether oxygens (including phenoxy) is 3. The van der Waals surface area contributed by atoms with E-state index in [1.807, 2.05) is 6.92 Å². The second kappa shape index (κ2) is 20.9. The summed E-state index contributed by atoms with van der Waals surface area (Å²) >= 11 is 11.5. The molecule has 4 aliphatic rings. The molecular formula is C42H47Cl3F2N8O11S2. The third-order valence-corrected chi connectivity index (χ3v) is 14.6. The number of hydrogen-bond donors (Lipinski definition) is 7. The highest BCUT2D eigenvalue weighted by atomic mass is 35.5. The van der Waals surface area contributed by atoms with E-state index < -0.39 is 67.4 Å². The molecule has 0 spiro atoms. The number of nitrogens with one attached hydrogen (secondary N) is 5. The van der Waals surface area contributed by atoms with Crippen molar-refractivity contribution in [3.05, 3.63) is 91.7 Å². The molecule has 6 heterocycles. The molecule has 4 aromatic rings. The predicted octanol–water partition coefficient (Wildman–Crippen LogP) is 4.48. The lowest BCUT2D eigenvalue weighted by Crippen LogP contribution is -2.56. The van der Waals surface area contributed by atoms with Gasteiger partial charge < -0.3 is 44.6 Å². The molecule has 0 saturated carbocycles. The number of nitriles is 2. The number of aliphatic hydroxyl groups is 2. The first-order chi connectivity index (χ1) is 31.3. The Morgan fingerprint density at radius 2 is 1.24 bits per heavy atom. The van der Waals surface area contributed by atoms with Crippen LogP contribution in [-0.2, 0) is 24.8 Å². The lowest BCUT2D eigenvalue weighted by molar-refractivity contribution is 0.0368. The minimum atomic E-state index is -4.17. The first-order valence-electron chi connectivity index (χ1n) is 20.4. The number of halogens is 5. The molecule has 68 heavy (non-hydrogen) atoms. The largest absolute Gasteiger partial charge is 0.491 e. The van der Waals surface area contributed by atoms with Crippen LogP contribution in [0.15, 0.2) is 46.5 Å². The highest BCUT2D eigenvalue weighted by Gasteiger charge is 2.43. The van der Waals surface area contributed by atoms with Gasteiger partial charge in [-0.2, -0.15) is 10.5 Å². The Hall–Kier alpha value is -5.05. The highest BCUT2D eigenvalue weighted by molar-refractivity contribution is 7.89. The maximum absolute atomic E-state index is 13.6. The molecule has 8 rings (SSSR count). The number of nitrogens with zero attached hydrogens (tertiary/aromatic N) is 3. The molecule has 0 unspecified atom stereocenters. The number of rotatable bonds is 9. The fourth-order valence-electron chi connectivity index (χ4n) is 7.25. The van der Waals surface area contributed by atoms with Crippen molar-refractivity contribution in [3.8, 4) is 23.6 Å². The van der Waals surface area contributed by atoms with Crippen LogP contribution in [-0.4, -0.2) is 112 Å². The van der Waals surface area contributed by atoms with E-state index in [0.717, 1.165) is 31.3 Å². The van der Waals surface area contributed by atoms with Crippen LogP contribution in [0, 0.1) is 59.0 Å². The summed E-state index contributed by atoms with van der Waals surface area (Å²) in [6.45, 7) is 10.4. The Morgan fingerprint density at radius 1 is 0.809 bits per heavy atom. The van der Waals surface area contributed by atoms with Crippen molar-refractivity contribution >= 4 is 67.5 Å². The molecule has 2 saturated heterocycles. The maximum Gasteiger partial charge on any atom is 0.339 e. The molecule has 0 bridgehead atoms. The molecule has 26 heteroatoms. The van der Waals surface area contributed by atoms with Crippen molar-refractivity contribution in [3.63, 3.8) is 0 Å². The third kappa shape index (κ3) is 11.5. The lowest BCUT2D eigenvalue weighted by Gasteiger charge is -2.43. The van der Waals surface area contributed by atoms with E-state index in [1.54, 1.807) is 20.8 Å². The van der Waals surface area contributed by atoms with E-state index in [4.69, 9.17) is 47.9 Å². The average molecular weight is 1050 g/mol. The molecule has 0 aliphatic carbocycles. The molecule has 7 N–H and O–H groups in total. The van der Waals surface area contributed by atoms with Crippen LogP contribution in [0.4, 0.5) is 8.78 Å². The number of hydrogen-bond acceptors (Lipinski definition) is 14. The lowest BCUT2D eigenvalue weighted by atomic mass is 9.83. The van der Waals surface area contributed by atoms with Gasteiger partial charge in [-0.25, -0.2) is 39.9 Å². The number of amides is 1. The molecule has 4 aliphatic heterocycles. The number of aliphatic hydroxyl groups excluding tert-OH is 2. The number of fused-ring (bicyclic) bond motifs is 2. The van der Waals surface area contributed by atoms with Crippen molar-refractivity contribution < 1.29 is 59.6 Å². The van der Waals surface area contributed by atoms with Crippen LogP contribution in [0.1, 0.15) is 76.2 Å². The van der Waals surface area contributed by atoms with Crippen LogP contribution < -0.4 is 24.2 Å². The van der Waals surface area contributed by atoms with Gasteiger partial charge in [0.1, 0.15) is 58.6 Å². The Bertz CT molecular complexity index is 2900. The van der Waals surface area contributed by atoms with Gasteiger partial charge in [-0.05, 0) is 58.9 Å². The monoisotopic (exact) mass is 1050 g/mol. The topological polar surface area (TPSA) is 289 Å². The number of aryl methyl sites for hydroxylation is 2. The van der Waals surface area contributed by atoms with Crippen molar-refractivity contribution in [2.24, 2.45) is 10.8 Å². The zero-order chi connectivity index (χ0) is 49.4. The Balaban J connectivity index is 0.000000220. The molecule has 19 nitrogen and oxygen atoms in total. The van der Waals surface area contributed by atoms with Gasteiger partial charge in [-0.15, -0.1) is 12.4 Å². The first kappa shape index (κ1) is 53.9. The number of benzene rings is 2. The van der Waals surface area contributed by atoms with Crippen molar-refractivity contribution in [2.75, 3.05) is 46.0 Å². The van der Waals surface area contributed by atoms with E-state index in [0.29, 0.717) is 11.4 Å². The van der Waals surface area contributed by atoms with Crippen molar-refractivity contribution in [1.29, 1.82) is 10.5 Å². The van der Waals surface area contributed by atoms with Crippen LogP contribution >= 0.6 is 35.6 Å². The maximum atomic E-state index is 13.6. The smallest absolute Gasteiger partial charge is 0.339 e. The molecular weight excluding hydrogens is 1000 g/mol. The normalized spacial score (nSPS) is 20.7. The molecule has 2 fully saturated rings. The van der Waals surface area contributed by atoms with Gasteiger partial charge >= 0.3 is 5.97 Å². The van der Waals surface area contributed by atoms with E-state index in [9.17, 15) is 45.4 Å². The van der Waals surface area contributed by atoms with Gasteiger partial charge in [-0.3, -0.25) is 4.79 Å². The van der Waals surface area contributed by atoms with Gasteiger partial charge in [0.05, 0.1) is 62.8 Å². The molecule has 4 atom stereocenters. The van der Waals surface area contributed by atoms with Crippen molar-refractivity contribution in [1.82, 2.24) is 29.6 Å². The number of carbonyl (C=O) groups is 2. The SMILES string of the molecule is CC1(C#N)CNC1.CCOC(=O)c1cc(S(=O)(=O)N[C@@H]2COc3cc(F)c(Cl)cc3[C@@H]2O)[nH]c1C.Cc1[nH]c(S(=O)(=O)N[C@@H]2COc3cc(F)c(Cl)cc3[C@@H]2O)cc1C(=O)N1CC(C)(C#N)C1.Cl. The van der Waals surface area contributed by atoms with Gasteiger partial charge in [0.15, 0.2) is 0 Å². The van der Waals surface area contributed by atoms with Gasteiger partial charge in [0.25, 0.3) is 26.0 Å². The van der Waals surface area contributed by atoms with E-state index in [2.05, 4.69) is 36.9 Å². The minimum absolute atomic E-state index is 0. The molecule has 0 radical (unpaired) electrons. The number of H-pyrrole nitrogens is 2. The van der Waals surface area contributed by atoms with Crippen molar-refractivity contribution in [2.45, 2.75) is 69.0 Å². The minimum Gasteiger partial charge on any atom is -0.491 e. The summed E-state index contributed by atoms with van der Waals surface area (Å²) in [7, 11) is -8.29. The zero-order valence-corrected chi connectivity index (χ0v) is 40.8. The summed E-state index contributed by atoms with van der Waals surface area (Å²) in [4.78, 5) is 31.4. The molecule has 2 aromatic carbocycles. The van der Waals surface area contributed by atoms with Crippen LogP contribution in [0.2, 0.25) is 10.0 Å². The number of aromatic amines is 2. The Labute approximate surface area is 406 Å². The van der Waals surface area contributed by atoms with Crippen LogP contribution in [0.25, 0.3) is 0 Å². The van der Waals surface area contributed by atoms with Gasteiger partial charge in [0.2, 0.25) is 0 Å². The van der Waals surface area contributed by atoms with Gasteiger partial charge in [-0.1, -0.05) is 23.2 Å². The number of sulfonamides is 2. The van der Waals surface area contributed by atoms with Crippen LogP contribution in [0.5, 0.6) is 11.5 Å². The predicted molar refractivity (Wildman–Crippen MR) is 242 cm³/mol. The summed E-state index contributed by atoms with van der Waals surface area (Å²) in [5.41, 5.74) is 0.636. The van der Waals surface area contributed by atoms with Crippen LogP contribution in [0.3, 0.4) is 0 Å². The fourth-order valence-corrected chi connectivity index (χ4v) is 10.2. The fraction of sp³-hybridized carbons (Fsp3) is 0.429. The summed E-state index contributed by atoms with van der Waals surface area (Å²) in [6.07, 6.45) is -2.63. The summed E-state index contributed by atoms with van der Waals surface area (Å²) in [6, 6.07) is 9.07. The summed E-state index contributed by atoms with van der Waals surface area (Å²) in [5, 5.41) is 40.6. The number of aromatic nitrogens is 2. The Morgan fingerprint density at radius 3 is 1.62 bits per heavy atom. The second-order valence-electron chi connectivity index (χ2n) is 16.8. The summed E-state index contributed by atoms with van der Waals surface area (Å²) < 4.78 is 98.6. The quantitative estimate of drug-likeness (QED) is 0.114. The molecule has 2 aromatic heterocycles. The third-order valence-electron chi connectivity index (χ3n) is 11.2. The average Bonchev–Trinajstić information content (AvgIpc) is 3.86. The Kier molecular flexibility index (Phi) is 16.6. The number of carbonyl (C=O) groups excluding carboxylic acids is 2. The van der Waals surface area contributed by atoms with Gasteiger partial charge in [0, 0.05) is 60.8 Å². The second-order valence-corrected chi connectivity index (χ2v) is 20.9. The standard InChI is InChI=1S/C20H20ClFN4O5S.C17H18ClFN2O6S.C5H8N2.ClH/c1-10-11(19(28)26-8-20(2,7-23)9-26)4-17(24-10)32(29,30)25-15-6-31-16-5-14(22)13(21)3-12(16)18(15)27;1-3-26-17(23)9-5-15(20-8(9)2)28(24,25)21-13-7-27-14-6-12(19)11(18)4-10(14)16(13)22;1-5(2-6)3-7-4-5;/h3-5,15,18,24-25,27H,6,8-9H2,1-2H3;4-6,13,16,20-22H,3,7H2,1-2H3;7H,3-4H2,1H3;1H/t15-,18+;13-,16+;;/m11../s1. The first-order valence-corrected chi connectivity index (χ1v) is 24.1. The summed E-state index contributed by atoms with van der Waals surface area (Å²) in [5.74, 6) is -2.28. The van der Waals surface area contributed by atoms with E-state index >= 15 is 0 Å². The highest BCUT2D eigenvalue weighted by Crippen LogP contribution is 2.38. The molecule has 368 valence electrons. The van der Waals surface area contributed by atoms with E-state index in [-0.39, 0.29) is 110 Å². The number of likely N-dealkylation sites (tertiary alicyclic amines) is 1. The number of esters is 1. The zero-order valence-electron chi connectivity index (χ0n) is 36.9. The van der Waals surface area contributed by atoms with E-state index in [1.165, 1.54) is 30.0 Å². The molecule has 1 amide bonds.